The predicted molar refractivity (Wildman–Crippen MR) is 114 cm³/mol. The van der Waals surface area contributed by atoms with Crippen LogP contribution in [0.3, 0.4) is 0 Å². The van der Waals surface area contributed by atoms with Gasteiger partial charge in [0.15, 0.2) is 0 Å². The van der Waals surface area contributed by atoms with E-state index >= 15 is 0 Å². The number of para-hydroxylation sites is 1. The number of hydrogen-bond donors (Lipinski definition) is 2. The van der Waals surface area contributed by atoms with Crippen LogP contribution in [0.1, 0.15) is 19.8 Å². The minimum atomic E-state index is -0.376. The molecule has 2 N–H and O–H groups in total. The minimum Gasteiger partial charge on any atom is -0.326 e. The maximum atomic E-state index is 12.7. The molecule has 0 aromatic heterocycles. The van der Waals surface area contributed by atoms with E-state index in [1.807, 2.05) is 42.2 Å². The summed E-state index contributed by atoms with van der Waals surface area (Å²) >= 11 is 12.0. The molecule has 3 rings (SSSR count). The first-order valence-corrected chi connectivity index (χ1v) is 10.1. The number of carbonyl (C=O) groups is 2. The molecular formula is C21H23Cl2N3O2. The van der Waals surface area contributed by atoms with E-state index in [0.717, 1.165) is 25.1 Å². The number of likely N-dealkylation sites (tertiary alicyclic amines) is 1. The Morgan fingerprint density at radius 1 is 1.11 bits per heavy atom. The van der Waals surface area contributed by atoms with Gasteiger partial charge in [0.2, 0.25) is 11.8 Å². The van der Waals surface area contributed by atoms with Crippen molar-refractivity contribution in [3.63, 3.8) is 0 Å². The van der Waals surface area contributed by atoms with Gasteiger partial charge >= 0.3 is 0 Å². The molecule has 1 aliphatic heterocycles. The van der Waals surface area contributed by atoms with Crippen molar-refractivity contribution in [1.82, 2.24) is 4.90 Å². The van der Waals surface area contributed by atoms with Gasteiger partial charge in [0.1, 0.15) is 0 Å². The second kappa shape index (κ2) is 9.41. The third kappa shape index (κ3) is 5.25. The second-order valence-corrected chi connectivity index (χ2v) is 7.82. The molecule has 2 aromatic rings. The molecule has 0 radical (unpaired) electrons. The molecule has 0 bridgehead atoms. The molecule has 2 unspecified atom stereocenters. The van der Waals surface area contributed by atoms with E-state index in [4.69, 9.17) is 23.2 Å². The zero-order chi connectivity index (χ0) is 20.1. The van der Waals surface area contributed by atoms with E-state index in [2.05, 4.69) is 10.6 Å². The number of hydrogen-bond acceptors (Lipinski definition) is 3. The van der Waals surface area contributed by atoms with Gasteiger partial charge in [0.05, 0.1) is 22.7 Å². The smallest absolute Gasteiger partial charge is 0.241 e. The minimum absolute atomic E-state index is 0.00995. The van der Waals surface area contributed by atoms with Crippen molar-refractivity contribution < 1.29 is 9.59 Å². The van der Waals surface area contributed by atoms with Crippen molar-refractivity contribution in [2.45, 2.75) is 25.8 Å². The number of benzene rings is 2. The normalized spacial score (nSPS) is 18.3. The van der Waals surface area contributed by atoms with Crippen LogP contribution in [0.15, 0.2) is 48.5 Å². The van der Waals surface area contributed by atoms with Crippen LogP contribution in [-0.2, 0) is 9.59 Å². The quantitative estimate of drug-likeness (QED) is 0.739. The van der Waals surface area contributed by atoms with E-state index in [-0.39, 0.29) is 23.8 Å². The van der Waals surface area contributed by atoms with Crippen LogP contribution in [0.4, 0.5) is 11.4 Å². The summed E-state index contributed by atoms with van der Waals surface area (Å²) in [4.78, 5) is 27.3. The summed E-state index contributed by atoms with van der Waals surface area (Å²) in [5.74, 6) is -0.319. The highest BCUT2D eigenvalue weighted by atomic mass is 35.5. The van der Waals surface area contributed by atoms with Crippen LogP contribution in [-0.4, -0.2) is 35.8 Å². The van der Waals surface area contributed by atoms with Crippen LogP contribution in [0.2, 0.25) is 10.0 Å². The molecule has 2 atom stereocenters. The zero-order valence-electron chi connectivity index (χ0n) is 15.6. The third-order valence-corrected chi connectivity index (χ3v) is 5.53. The Kier molecular flexibility index (Phi) is 6.94. The van der Waals surface area contributed by atoms with E-state index in [9.17, 15) is 9.59 Å². The molecule has 0 saturated carbocycles. The van der Waals surface area contributed by atoms with Gasteiger partial charge in [-0.1, -0.05) is 41.4 Å². The van der Waals surface area contributed by atoms with Gasteiger partial charge in [0.25, 0.3) is 0 Å². The fraction of sp³-hybridized carbons (Fsp3) is 0.333. The average molecular weight is 420 g/mol. The van der Waals surface area contributed by atoms with E-state index in [1.165, 1.54) is 0 Å². The third-order valence-electron chi connectivity index (χ3n) is 4.98. The van der Waals surface area contributed by atoms with Gasteiger partial charge in [-0.25, -0.2) is 0 Å². The number of carbonyl (C=O) groups excluding carboxylic acids is 2. The van der Waals surface area contributed by atoms with Gasteiger partial charge in [-0.2, -0.15) is 0 Å². The second-order valence-electron chi connectivity index (χ2n) is 6.98. The molecule has 5 nitrogen and oxygen atoms in total. The van der Waals surface area contributed by atoms with Crippen LogP contribution < -0.4 is 10.6 Å². The van der Waals surface area contributed by atoms with Crippen molar-refractivity contribution in [3.8, 4) is 0 Å². The Morgan fingerprint density at radius 3 is 2.57 bits per heavy atom. The van der Waals surface area contributed by atoms with Crippen LogP contribution in [0.25, 0.3) is 0 Å². The highest BCUT2D eigenvalue weighted by Crippen LogP contribution is 2.26. The molecule has 0 spiro atoms. The lowest BCUT2D eigenvalue weighted by Gasteiger charge is -2.35. The van der Waals surface area contributed by atoms with Crippen molar-refractivity contribution in [2.75, 3.05) is 23.7 Å². The monoisotopic (exact) mass is 419 g/mol. The summed E-state index contributed by atoms with van der Waals surface area (Å²) in [6.45, 7) is 3.16. The lowest BCUT2D eigenvalue weighted by Crippen LogP contribution is -2.49. The lowest BCUT2D eigenvalue weighted by atomic mass is 9.95. The number of nitrogens with zero attached hydrogens (tertiary/aromatic N) is 1. The standard InChI is InChI=1S/C21H23Cl2N3O2/c1-14(20(27)25-19-10-9-16(22)12-18(19)23)26-11-5-6-15(13-26)21(28)24-17-7-3-2-4-8-17/h2-4,7-10,12,14-15H,5-6,11,13H2,1H3,(H,24,28)(H,25,27). The molecule has 148 valence electrons. The van der Waals surface area contributed by atoms with Gasteiger partial charge in [0, 0.05) is 17.3 Å². The number of piperidine rings is 1. The molecule has 2 aromatic carbocycles. The molecular weight excluding hydrogens is 397 g/mol. The van der Waals surface area contributed by atoms with E-state index in [0.29, 0.717) is 22.3 Å². The number of halogens is 2. The van der Waals surface area contributed by atoms with Gasteiger partial charge < -0.3 is 10.6 Å². The molecule has 1 fully saturated rings. The van der Waals surface area contributed by atoms with Crippen LogP contribution in [0.5, 0.6) is 0 Å². The Bertz CT molecular complexity index is 845. The molecule has 1 saturated heterocycles. The topological polar surface area (TPSA) is 61.4 Å². The predicted octanol–water partition coefficient (Wildman–Crippen LogP) is 4.67. The summed E-state index contributed by atoms with van der Waals surface area (Å²) in [6.07, 6.45) is 1.68. The molecule has 28 heavy (non-hydrogen) atoms. The Morgan fingerprint density at radius 2 is 1.86 bits per heavy atom. The highest BCUT2D eigenvalue weighted by Gasteiger charge is 2.31. The Hall–Kier alpha value is -2.08. The molecule has 1 heterocycles. The fourth-order valence-corrected chi connectivity index (χ4v) is 3.79. The first-order valence-electron chi connectivity index (χ1n) is 9.30. The van der Waals surface area contributed by atoms with Crippen molar-refractivity contribution in [3.05, 3.63) is 58.6 Å². The average Bonchev–Trinajstić information content (AvgIpc) is 2.70. The highest BCUT2D eigenvalue weighted by molar-refractivity contribution is 6.36. The largest absolute Gasteiger partial charge is 0.326 e. The maximum Gasteiger partial charge on any atom is 0.241 e. The first-order chi connectivity index (χ1) is 13.4. The summed E-state index contributed by atoms with van der Waals surface area (Å²) in [6, 6.07) is 14.0. The summed E-state index contributed by atoms with van der Waals surface area (Å²) in [7, 11) is 0. The molecule has 1 aliphatic rings. The van der Waals surface area contributed by atoms with Crippen LogP contribution in [0, 0.1) is 5.92 Å². The number of amides is 2. The number of nitrogens with one attached hydrogen (secondary N) is 2. The number of anilines is 2. The zero-order valence-corrected chi connectivity index (χ0v) is 17.1. The molecule has 2 amide bonds. The maximum absolute atomic E-state index is 12.7. The van der Waals surface area contributed by atoms with E-state index in [1.54, 1.807) is 18.2 Å². The molecule has 0 aliphatic carbocycles. The Balaban J connectivity index is 1.59. The summed E-state index contributed by atoms with van der Waals surface area (Å²) in [5.41, 5.74) is 1.31. The summed E-state index contributed by atoms with van der Waals surface area (Å²) < 4.78 is 0. The van der Waals surface area contributed by atoms with Gasteiger partial charge in [-0.05, 0) is 56.6 Å². The van der Waals surface area contributed by atoms with Gasteiger partial charge in [-0.15, -0.1) is 0 Å². The SMILES string of the molecule is CC(C(=O)Nc1ccc(Cl)cc1Cl)N1CCCC(C(=O)Nc2ccccc2)C1. The van der Waals surface area contributed by atoms with Gasteiger partial charge in [-0.3, -0.25) is 14.5 Å². The lowest BCUT2D eigenvalue weighted by molar-refractivity contribution is -0.125. The number of rotatable bonds is 5. The van der Waals surface area contributed by atoms with Crippen molar-refractivity contribution in [2.24, 2.45) is 5.92 Å². The Labute approximate surface area is 175 Å². The molecule has 7 heteroatoms. The first kappa shape index (κ1) is 20.6. The van der Waals surface area contributed by atoms with Crippen LogP contribution >= 0.6 is 23.2 Å². The van der Waals surface area contributed by atoms with Crippen molar-refractivity contribution in [1.29, 1.82) is 0 Å². The fourth-order valence-electron chi connectivity index (χ4n) is 3.33. The van der Waals surface area contributed by atoms with Crippen molar-refractivity contribution >= 4 is 46.4 Å². The van der Waals surface area contributed by atoms with E-state index < -0.39 is 0 Å². The summed E-state index contributed by atoms with van der Waals surface area (Å²) in [5, 5.41) is 6.71.